The zero-order valence-corrected chi connectivity index (χ0v) is 13.7. The average molecular weight is 278 g/mol. The van der Waals surface area contributed by atoms with E-state index in [1.165, 1.54) is 18.4 Å². The van der Waals surface area contributed by atoms with Crippen molar-refractivity contribution in [2.75, 3.05) is 25.0 Å². The van der Waals surface area contributed by atoms with Crippen LogP contribution in [0.2, 0.25) is 0 Å². The zero-order chi connectivity index (χ0) is 15.4. The quantitative estimate of drug-likeness (QED) is 0.770. The molecule has 1 aromatic rings. The number of benzene rings is 1. The second-order valence-corrected chi connectivity index (χ2v) is 4.67. The van der Waals surface area contributed by atoms with Gasteiger partial charge in [0.2, 0.25) is 5.91 Å². The number of amides is 1. The van der Waals surface area contributed by atoms with Crippen LogP contribution in [-0.2, 0) is 4.79 Å². The molecule has 0 radical (unpaired) electrons. The molecule has 0 saturated carbocycles. The highest BCUT2D eigenvalue weighted by Gasteiger charge is 2.09. The molecule has 0 spiro atoms. The first-order valence-corrected chi connectivity index (χ1v) is 7.69. The first-order chi connectivity index (χ1) is 9.65. The molecule has 1 N–H and O–H groups in total. The first kappa shape index (κ1) is 18.7. The van der Waals surface area contributed by atoms with E-state index in [9.17, 15) is 4.79 Å². The fraction of sp³-hybridized carbons (Fsp3) is 0.588. The van der Waals surface area contributed by atoms with E-state index in [0.717, 1.165) is 18.7 Å². The standard InChI is InChI=1S/C15H24N2O.C2H6/c1-4-5-6-11-16-12-15(18)17(3)14-9-7-13(2)8-10-14;1-2/h7-10,16H,4-6,11-12H2,1-3H3;1-2H3. The highest BCUT2D eigenvalue weighted by Crippen LogP contribution is 2.13. The number of nitrogens with zero attached hydrogens (tertiary/aromatic N) is 1. The molecule has 20 heavy (non-hydrogen) atoms. The molecule has 3 nitrogen and oxygen atoms in total. The third kappa shape index (κ3) is 7.29. The number of unbranched alkanes of at least 4 members (excludes halogenated alkanes) is 2. The summed E-state index contributed by atoms with van der Waals surface area (Å²) in [6, 6.07) is 8.00. The van der Waals surface area contributed by atoms with Gasteiger partial charge in [-0.15, -0.1) is 0 Å². The smallest absolute Gasteiger partial charge is 0.240 e. The van der Waals surface area contributed by atoms with Crippen molar-refractivity contribution in [3.05, 3.63) is 29.8 Å². The van der Waals surface area contributed by atoms with Crippen molar-refractivity contribution in [2.24, 2.45) is 0 Å². The van der Waals surface area contributed by atoms with Crippen LogP contribution in [0.25, 0.3) is 0 Å². The maximum absolute atomic E-state index is 11.9. The maximum Gasteiger partial charge on any atom is 0.240 e. The highest BCUT2D eigenvalue weighted by molar-refractivity contribution is 5.94. The number of aryl methyl sites for hydroxylation is 1. The van der Waals surface area contributed by atoms with Crippen molar-refractivity contribution in [1.82, 2.24) is 5.32 Å². The Hall–Kier alpha value is -1.35. The van der Waals surface area contributed by atoms with E-state index in [1.807, 2.05) is 52.1 Å². The number of anilines is 1. The van der Waals surface area contributed by atoms with Crippen molar-refractivity contribution in [2.45, 2.75) is 47.0 Å². The molecule has 0 atom stereocenters. The summed E-state index contributed by atoms with van der Waals surface area (Å²) in [6.07, 6.45) is 3.56. The predicted molar refractivity (Wildman–Crippen MR) is 88.3 cm³/mol. The normalized spacial score (nSPS) is 9.65. The van der Waals surface area contributed by atoms with Gasteiger partial charge in [0.15, 0.2) is 0 Å². The average Bonchev–Trinajstić information content (AvgIpc) is 2.49. The van der Waals surface area contributed by atoms with Gasteiger partial charge in [0.05, 0.1) is 6.54 Å². The van der Waals surface area contributed by atoms with Gasteiger partial charge in [0, 0.05) is 12.7 Å². The van der Waals surface area contributed by atoms with E-state index in [1.54, 1.807) is 4.90 Å². The van der Waals surface area contributed by atoms with Crippen molar-refractivity contribution >= 4 is 11.6 Å². The molecule has 0 aromatic heterocycles. The fourth-order valence-corrected chi connectivity index (χ4v) is 1.73. The third-order valence-electron chi connectivity index (χ3n) is 3.03. The topological polar surface area (TPSA) is 32.3 Å². The fourth-order valence-electron chi connectivity index (χ4n) is 1.73. The molecule has 0 saturated heterocycles. The third-order valence-corrected chi connectivity index (χ3v) is 3.03. The molecular weight excluding hydrogens is 248 g/mol. The summed E-state index contributed by atoms with van der Waals surface area (Å²) in [7, 11) is 1.82. The Kier molecular flexibility index (Phi) is 10.7. The largest absolute Gasteiger partial charge is 0.314 e. The Balaban J connectivity index is 0.00000172. The van der Waals surface area contributed by atoms with Crippen molar-refractivity contribution in [3.63, 3.8) is 0 Å². The Morgan fingerprint density at radius 1 is 1.15 bits per heavy atom. The van der Waals surface area contributed by atoms with Crippen molar-refractivity contribution in [1.29, 1.82) is 0 Å². The lowest BCUT2D eigenvalue weighted by Gasteiger charge is -2.17. The Bertz CT molecular complexity index is 360. The number of hydrogen-bond acceptors (Lipinski definition) is 2. The Morgan fingerprint density at radius 2 is 1.75 bits per heavy atom. The summed E-state index contributed by atoms with van der Waals surface area (Å²) in [5.74, 6) is 0.107. The summed E-state index contributed by atoms with van der Waals surface area (Å²) in [4.78, 5) is 13.6. The lowest BCUT2D eigenvalue weighted by Crippen LogP contribution is -2.35. The molecule has 0 fully saturated rings. The van der Waals surface area contributed by atoms with Gasteiger partial charge in [0.1, 0.15) is 0 Å². The summed E-state index contributed by atoms with van der Waals surface area (Å²) < 4.78 is 0. The molecular formula is C17H30N2O. The second kappa shape index (κ2) is 11.5. The Morgan fingerprint density at radius 3 is 2.30 bits per heavy atom. The van der Waals surface area contributed by atoms with E-state index < -0.39 is 0 Å². The van der Waals surface area contributed by atoms with Gasteiger partial charge in [-0.2, -0.15) is 0 Å². The molecule has 114 valence electrons. The molecule has 0 aliphatic carbocycles. The number of likely N-dealkylation sites (N-methyl/N-ethyl adjacent to an activating group) is 1. The van der Waals surface area contributed by atoms with Crippen LogP contribution < -0.4 is 10.2 Å². The minimum absolute atomic E-state index is 0.107. The molecule has 1 aromatic carbocycles. The summed E-state index contributed by atoms with van der Waals surface area (Å²) in [5.41, 5.74) is 2.15. The first-order valence-electron chi connectivity index (χ1n) is 7.69. The number of rotatable bonds is 7. The molecule has 0 bridgehead atoms. The molecule has 1 rings (SSSR count). The monoisotopic (exact) mass is 278 g/mol. The van der Waals surface area contributed by atoms with Crippen LogP contribution in [0.15, 0.2) is 24.3 Å². The van der Waals surface area contributed by atoms with Gasteiger partial charge >= 0.3 is 0 Å². The van der Waals surface area contributed by atoms with Gasteiger partial charge < -0.3 is 10.2 Å². The van der Waals surface area contributed by atoms with Crippen LogP contribution in [0.5, 0.6) is 0 Å². The molecule has 0 aliphatic rings. The van der Waals surface area contributed by atoms with Gasteiger partial charge in [-0.05, 0) is 32.0 Å². The van der Waals surface area contributed by atoms with Gasteiger partial charge in [-0.25, -0.2) is 0 Å². The number of carbonyl (C=O) groups excluding carboxylic acids is 1. The van der Waals surface area contributed by atoms with Crippen LogP contribution in [0.1, 0.15) is 45.6 Å². The SMILES string of the molecule is CC.CCCCCNCC(=O)N(C)c1ccc(C)cc1. The van der Waals surface area contributed by atoms with Crippen LogP contribution in [0, 0.1) is 6.92 Å². The van der Waals surface area contributed by atoms with Gasteiger partial charge in [-0.1, -0.05) is 51.3 Å². The van der Waals surface area contributed by atoms with Crippen LogP contribution in [-0.4, -0.2) is 26.0 Å². The number of carbonyl (C=O) groups is 1. The van der Waals surface area contributed by atoms with E-state index in [2.05, 4.69) is 12.2 Å². The molecule has 0 heterocycles. The van der Waals surface area contributed by atoms with Crippen molar-refractivity contribution < 1.29 is 4.79 Å². The number of nitrogens with one attached hydrogen (secondary N) is 1. The lowest BCUT2D eigenvalue weighted by atomic mass is 10.2. The zero-order valence-electron chi connectivity index (χ0n) is 13.7. The van der Waals surface area contributed by atoms with E-state index in [-0.39, 0.29) is 5.91 Å². The van der Waals surface area contributed by atoms with Crippen LogP contribution in [0.3, 0.4) is 0 Å². The second-order valence-electron chi connectivity index (χ2n) is 4.67. The molecule has 3 heteroatoms. The highest BCUT2D eigenvalue weighted by atomic mass is 16.2. The van der Waals surface area contributed by atoms with Crippen molar-refractivity contribution in [3.8, 4) is 0 Å². The van der Waals surface area contributed by atoms with Crippen LogP contribution in [0.4, 0.5) is 5.69 Å². The minimum atomic E-state index is 0.107. The minimum Gasteiger partial charge on any atom is -0.314 e. The van der Waals surface area contributed by atoms with E-state index >= 15 is 0 Å². The lowest BCUT2D eigenvalue weighted by molar-refractivity contribution is -0.117. The Labute approximate surface area is 124 Å². The van der Waals surface area contributed by atoms with E-state index in [4.69, 9.17) is 0 Å². The maximum atomic E-state index is 11.9. The summed E-state index contributed by atoms with van der Waals surface area (Å²) in [5, 5.41) is 3.19. The van der Waals surface area contributed by atoms with Gasteiger partial charge in [0.25, 0.3) is 0 Å². The summed E-state index contributed by atoms with van der Waals surface area (Å²) in [6.45, 7) is 9.55. The predicted octanol–water partition coefficient (Wildman–Crippen LogP) is 3.76. The van der Waals surface area contributed by atoms with Gasteiger partial charge in [-0.3, -0.25) is 4.79 Å². The van der Waals surface area contributed by atoms with Crippen LogP contribution >= 0.6 is 0 Å². The molecule has 0 unspecified atom stereocenters. The molecule has 1 amide bonds. The summed E-state index contributed by atoms with van der Waals surface area (Å²) >= 11 is 0. The van der Waals surface area contributed by atoms with E-state index in [0.29, 0.717) is 6.54 Å². The molecule has 0 aliphatic heterocycles. The number of hydrogen-bond donors (Lipinski definition) is 1.